The van der Waals surface area contributed by atoms with Gasteiger partial charge in [0.2, 0.25) is 0 Å². The molecule has 1 aliphatic rings. The number of aliphatic hydroxyl groups is 1. The molecule has 21 heavy (non-hydrogen) atoms. The molecule has 0 amide bonds. The van der Waals surface area contributed by atoms with Crippen LogP contribution < -0.4 is 10.9 Å². The molecular weight excluding hydrogens is 334 g/mol. The van der Waals surface area contributed by atoms with Crippen molar-refractivity contribution < 1.29 is 5.11 Å². The van der Waals surface area contributed by atoms with Crippen molar-refractivity contribution in [3.63, 3.8) is 0 Å². The average Bonchev–Trinajstić information content (AvgIpc) is 2.95. The molecule has 0 spiro atoms. The largest absolute Gasteiger partial charge is 0.396 e. The van der Waals surface area contributed by atoms with Gasteiger partial charge in [-0.15, -0.1) is 0 Å². The molecular formula is C15H24BrN3O2. The number of hydrogen-bond donors (Lipinski definition) is 2. The van der Waals surface area contributed by atoms with Crippen molar-refractivity contribution in [2.45, 2.75) is 45.6 Å². The predicted molar refractivity (Wildman–Crippen MR) is 87.5 cm³/mol. The van der Waals surface area contributed by atoms with Gasteiger partial charge in [0.15, 0.2) is 0 Å². The molecule has 0 aromatic carbocycles. The van der Waals surface area contributed by atoms with Gasteiger partial charge in [0.25, 0.3) is 5.56 Å². The second-order valence-electron chi connectivity index (χ2n) is 5.77. The molecule has 2 atom stereocenters. The molecule has 5 nitrogen and oxygen atoms in total. The fourth-order valence-corrected chi connectivity index (χ4v) is 3.37. The average molecular weight is 358 g/mol. The highest BCUT2D eigenvalue weighted by molar-refractivity contribution is 9.10. The molecule has 2 rings (SSSR count). The molecule has 1 aliphatic carbocycles. The van der Waals surface area contributed by atoms with Crippen LogP contribution in [0.5, 0.6) is 0 Å². The summed E-state index contributed by atoms with van der Waals surface area (Å²) in [7, 11) is 0. The topological polar surface area (TPSA) is 67.2 Å². The summed E-state index contributed by atoms with van der Waals surface area (Å²) in [4.78, 5) is 12.2. The summed E-state index contributed by atoms with van der Waals surface area (Å²) >= 11 is 3.38. The van der Waals surface area contributed by atoms with Crippen molar-refractivity contribution in [2.75, 3.05) is 18.5 Å². The predicted octanol–water partition coefficient (Wildman–Crippen LogP) is 2.63. The third-order valence-electron chi connectivity index (χ3n) is 4.31. The maximum atomic E-state index is 12.2. The Labute approximate surface area is 133 Å². The summed E-state index contributed by atoms with van der Waals surface area (Å²) in [6.45, 7) is 3.78. The third-order valence-corrected chi connectivity index (χ3v) is 5.08. The second-order valence-corrected chi connectivity index (χ2v) is 6.56. The van der Waals surface area contributed by atoms with E-state index in [1.807, 2.05) is 0 Å². The van der Waals surface area contributed by atoms with Crippen molar-refractivity contribution in [1.29, 1.82) is 0 Å². The quantitative estimate of drug-likeness (QED) is 0.786. The first-order valence-electron chi connectivity index (χ1n) is 7.77. The Morgan fingerprint density at radius 3 is 2.95 bits per heavy atom. The van der Waals surface area contributed by atoms with Gasteiger partial charge in [0.05, 0.1) is 11.9 Å². The van der Waals surface area contributed by atoms with Crippen LogP contribution in [-0.2, 0) is 6.54 Å². The van der Waals surface area contributed by atoms with E-state index in [0.29, 0.717) is 22.9 Å². The summed E-state index contributed by atoms with van der Waals surface area (Å²) in [5, 5.41) is 16.9. The zero-order valence-corrected chi connectivity index (χ0v) is 14.1. The van der Waals surface area contributed by atoms with Gasteiger partial charge in [-0.25, -0.2) is 4.68 Å². The molecule has 2 unspecified atom stereocenters. The van der Waals surface area contributed by atoms with E-state index < -0.39 is 0 Å². The lowest BCUT2D eigenvalue weighted by Gasteiger charge is -2.19. The lowest BCUT2D eigenvalue weighted by molar-refractivity contribution is 0.199. The fraction of sp³-hybridized carbons (Fsp3) is 0.733. The van der Waals surface area contributed by atoms with E-state index in [1.54, 1.807) is 6.20 Å². The molecule has 0 radical (unpaired) electrons. The summed E-state index contributed by atoms with van der Waals surface area (Å²) in [5.74, 6) is 0.860. The minimum absolute atomic E-state index is 0.0846. The Balaban J connectivity index is 2.00. The normalized spacial score (nSPS) is 21.7. The molecule has 1 aromatic rings. The highest BCUT2D eigenvalue weighted by Crippen LogP contribution is 2.31. The minimum atomic E-state index is -0.0846. The van der Waals surface area contributed by atoms with Crippen LogP contribution in [0.15, 0.2) is 15.5 Å². The van der Waals surface area contributed by atoms with Crippen LogP contribution in [0, 0.1) is 11.8 Å². The van der Waals surface area contributed by atoms with Crippen LogP contribution in [0.1, 0.15) is 39.0 Å². The Hall–Kier alpha value is -0.880. The summed E-state index contributed by atoms with van der Waals surface area (Å²) in [5.41, 5.74) is 0.662. The first-order valence-corrected chi connectivity index (χ1v) is 8.57. The van der Waals surface area contributed by atoms with Crippen molar-refractivity contribution in [2.24, 2.45) is 11.8 Å². The number of rotatable bonds is 7. The van der Waals surface area contributed by atoms with E-state index in [-0.39, 0.29) is 12.2 Å². The summed E-state index contributed by atoms with van der Waals surface area (Å²) < 4.78 is 2.05. The highest BCUT2D eigenvalue weighted by Gasteiger charge is 2.26. The standard InChI is InChI=1S/C15H24BrN3O2/c1-2-3-7-19-15(21)14(16)13(9-18-19)17-8-11-5-4-6-12(11)10-20/h9,11-12,17,20H,2-8,10H2,1H3. The SMILES string of the molecule is CCCCn1ncc(NCC2CCCC2CO)c(Br)c1=O. The van der Waals surface area contributed by atoms with Crippen LogP contribution in [0.4, 0.5) is 5.69 Å². The number of hydrogen-bond acceptors (Lipinski definition) is 4. The van der Waals surface area contributed by atoms with E-state index in [4.69, 9.17) is 0 Å². The number of halogens is 1. The van der Waals surface area contributed by atoms with Gasteiger partial charge in [-0.1, -0.05) is 19.8 Å². The smallest absolute Gasteiger partial charge is 0.283 e. The maximum absolute atomic E-state index is 12.2. The van der Waals surface area contributed by atoms with Crippen molar-refractivity contribution >= 4 is 21.6 Å². The lowest BCUT2D eigenvalue weighted by Crippen LogP contribution is -2.26. The van der Waals surface area contributed by atoms with Crippen molar-refractivity contribution in [3.05, 3.63) is 21.0 Å². The summed E-state index contributed by atoms with van der Waals surface area (Å²) in [6.07, 6.45) is 7.11. The molecule has 1 heterocycles. The molecule has 0 aliphatic heterocycles. The van der Waals surface area contributed by atoms with E-state index in [9.17, 15) is 9.90 Å². The van der Waals surface area contributed by atoms with Crippen LogP contribution in [0.25, 0.3) is 0 Å². The monoisotopic (exact) mass is 357 g/mol. The van der Waals surface area contributed by atoms with Crippen molar-refractivity contribution in [3.8, 4) is 0 Å². The van der Waals surface area contributed by atoms with Crippen LogP contribution in [0.3, 0.4) is 0 Å². The number of aryl methyl sites for hydroxylation is 1. The molecule has 118 valence electrons. The van der Waals surface area contributed by atoms with E-state index >= 15 is 0 Å². The highest BCUT2D eigenvalue weighted by atomic mass is 79.9. The van der Waals surface area contributed by atoms with E-state index in [1.165, 1.54) is 11.1 Å². The minimum Gasteiger partial charge on any atom is -0.396 e. The molecule has 1 saturated carbocycles. The first kappa shape index (κ1) is 16.5. The van der Waals surface area contributed by atoms with E-state index in [0.717, 1.165) is 37.9 Å². The number of aliphatic hydroxyl groups excluding tert-OH is 1. The molecule has 2 N–H and O–H groups in total. The zero-order valence-electron chi connectivity index (χ0n) is 12.5. The maximum Gasteiger partial charge on any atom is 0.283 e. The lowest BCUT2D eigenvalue weighted by atomic mass is 9.97. The zero-order chi connectivity index (χ0) is 15.2. The molecule has 1 fully saturated rings. The third kappa shape index (κ3) is 4.07. The first-order chi connectivity index (χ1) is 10.2. The van der Waals surface area contributed by atoms with Gasteiger partial charge in [-0.05, 0) is 47.0 Å². The van der Waals surface area contributed by atoms with Crippen molar-refractivity contribution in [1.82, 2.24) is 9.78 Å². The van der Waals surface area contributed by atoms with Crippen LogP contribution in [-0.4, -0.2) is 28.0 Å². The molecule has 6 heteroatoms. The van der Waals surface area contributed by atoms with Gasteiger partial charge < -0.3 is 10.4 Å². The van der Waals surface area contributed by atoms with Gasteiger partial charge in [-0.2, -0.15) is 5.10 Å². The Kier molecular flexibility index (Phi) is 6.23. The van der Waals surface area contributed by atoms with E-state index in [2.05, 4.69) is 33.3 Å². The molecule has 0 bridgehead atoms. The number of aromatic nitrogens is 2. The Bertz CT molecular complexity index is 518. The molecule has 1 aromatic heterocycles. The van der Waals surface area contributed by atoms with Gasteiger partial charge in [0, 0.05) is 19.7 Å². The van der Waals surface area contributed by atoms with Gasteiger partial charge in [0.1, 0.15) is 4.47 Å². The second kappa shape index (κ2) is 7.94. The summed E-state index contributed by atoms with van der Waals surface area (Å²) in [6, 6.07) is 0. The number of unbranched alkanes of at least 4 members (excludes halogenated alkanes) is 1. The van der Waals surface area contributed by atoms with Crippen LogP contribution >= 0.6 is 15.9 Å². The van der Waals surface area contributed by atoms with Gasteiger partial charge >= 0.3 is 0 Å². The van der Waals surface area contributed by atoms with Crippen LogP contribution in [0.2, 0.25) is 0 Å². The number of anilines is 1. The molecule has 0 saturated heterocycles. The fourth-order valence-electron chi connectivity index (χ4n) is 2.92. The Morgan fingerprint density at radius 2 is 2.24 bits per heavy atom. The number of nitrogens with one attached hydrogen (secondary N) is 1. The van der Waals surface area contributed by atoms with Gasteiger partial charge in [-0.3, -0.25) is 4.79 Å². The Morgan fingerprint density at radius 1 is 1.48 bits per heavy atom. The number of nitrogens with zero attached hydrogens (tertiary/aromatic N) is 2.